The highest BCUT2D eigenvalue weighted by molar-refractivity contribution is 6.13. The second-order valence-electron chi connectivity index (χ2n) is 6.61. The number of nitrogens with zero attached hydrogens (tertiary/aromatic N) is 1. The Morgan fingerprint density at radius 2 is 1.79 bits per heavy atom. The molecule has 2 aliphatic rings. The molecule has 1 saturated carbocycles. The molecule has 0 unspecified atom stereocenters. The van der Waals surface area contributed by atoms with Crippen LogP contribution in [0.4, 0.5) is 5.69 Å². The number of carbonyl (C=O) groups excluding carboxylic acids is 2. The van der Waals surface area contributed by atoms with Crippen molar-refractivity contribution in [1.82, 2.24) is 10.2 Å². The SMILES string of the molecule is Cc1ccc(NC(=O)C2(C(=O)NCCN3CCOCC3)CC2)cc1. The molecule has 6 nitrogen and oxygen atoms in total. The van der Waals surface area contributed by atoms with E-state index >= 15 is 0 Å². The third-order valence-electron chi connectivity index (χ3n) is 4.75. The van der Waals surface area contributed by atoms with E-state index in [9.17, 15) is 9.59 Å². The van der Waals surface area contributed by atoms with Crippen LogP contribution in [-0.2, 0) is 14.3 Å². The molecule has 3 rings (SSSR count). The number of hydrogen-bond donors (Lipinski definition) is 2. The largest absolute Gasteiger partial charge is 0.379 e. The van der Waals surface area contributed by atoms with Crippen molar-refractivity contribution >= 4 is 17.5 Å². The smallest absolute Gasteiger partial charge is 0.240 e. The van der Waals surface area contributed by atoms with Crippen LogP contribution in [0, 0.1) is 12.3 Å². The molecule has 1 aliphatic heterocycles. The summed E-state index contributed by atoms with van der Waals surface area (Å²) in [4.78, 5) is 27.2. The summed E-state index contributed by atoms with van der Waals surface area (Å²) in [6.07, 6.45) is 1.24. The number of carbonyl (C=O) groups is 2. The Morgan fingerprint density at radius 3 is 2.42 bits per heavy atom. The molecular formula is C18H25N3O3. The topological polar surface area (TPSA) is 70.7 Å². The van der Waals surface area contributed by atoms with Gasteiger partial charge in [0.05, 0.1) is 13.2 Å². The fourth-order valence-electron chi connectivity index (χ4n) is 2.89. The summed E-state index contributed by atoms with van der Waals surface area (Å²) >= 11 is 0. The molecule has 1 heterocycles. The Bertz CT molecular complexity index is 590. The fourth-order valence-corrected chi connectivity index (χ4v) is 2.89. The van der Waals surface area contributed by atoms with Crippen molar-refractivity contribution < 1.29 is 14.3 Å². The molecular weight excluding hydrogens is 306 g/mol. The van der Waals surface area contributed by atoms with Gasteiger partial charge in [-0.15, -0.1) is 0 Å². The fraction of sp³-hybridized carbons (Fsp3) is 0.556. The van der Waals surface area contributed by atoms with E-state index in [0.717, 1.165) is 44.1 Å². The number of nitrogens with one attached hydrogen (secondary N) is 2. The lowest BCUT2D eigenvalue weighted by Gasteiger charge is -2.26. The predicted octanol–water partition coefficient (Wildman–Crippen LogP) is 1.16. The summed E-state index contributed by atoms with van der Waals surface area (Å²) in [7, 11) is 0. The minimum absolute atomic E-state index is 0.152. The quantitative estimate of drug-likeness (QED) is 0.768. The van der Waals surface area contributed by atoms with Crippen molar-refractivity contribution in [2.45, 2.75) is 19.8 Å². The van der Waals surface area contributed by atoms with Gasteiger partial charge < -0.3 is 15.4 Å². The van der Waals surface area contributed by atoms with Gasteiger partial charge in [-0.05, 0) is 31.9 Å². The van der Waals surface area contributed by atoms with Crippen LogP contribution in [0.1, 0.15) is 18.4 Å². The zero-order valence-corrected chi connectivity index (χ0v) is 14.1. The molecule has 130 valence electrons. The van der Waals surface area contributed by atoms with E-state index in [0.29, 0.717) is 19.4 Å². The summed E-state index contributed by atoms with van der Waals surface area (Å²) in [5, 5.41) is 5.79. The van der Waals surface area contributed by atoms with E-state index in [1.165, 1.54) is 0 Å². The van der Waals surface area contributed by atoms with Gasteiger partial charge in [-0.25, -0.2) is 0 Å². The van der Waals surface area contributed by atoms with Crippen molar-refractivity contribution in [2.75, 3.05) is 44.7 Å². The lowest BCUT2D eigenvalue weighted by Crippen LogP contribution is -2.45. The van der Waals surface area contributed by atoms with E-state index in [1.807, 2.05) is 31.2 Å². The number of rotatable bonds is 6. The van der Waals surface area contributed by atoms with E-state index < -0.39 is 5.41 Å². The number of anilines is 1. The Morgan fingerprint density at radius 1 is 1.12 bits per heavy atom. The molecule has 2 N–H and O–H groups in total. The molecule has 1 saturated heterocycles. The van der Waals surface area contributed by atoms with Crippen LogP contribution in [0.15, 0.2) is 24.3 Å². The van der Waals surface area contributed by atoms with Crippen molar-refractivity contribution in [1.29, 1.82) is 0 Å². The van der Waals surface area contributed by atoms with Crippen LogP contribution in [-0.4, -0.2) is 56.1 Å². The zero-order valence-electron chi connectivity index (χ0n) is 14.1. The van der Waals surface area contributed by atoms with E-state index in [4.69, 9.17) is 4.74 Å². The van der Waals surface area contributed by atoms with Crippen molar-refractivity contribution in [2.24, 2.45) is 5.41 Å². The monoisotopic (exact) mass is 331 g/mol. The predicted molar refractivity (Wildman–Crippen MR) is 91.7 cm³/mol. The third-order valence-corrected chi connectivity index (χ3v) is 4.75. The van der Waals surface area contributed by atoms with Gasteiger partial charge in [0, 0.05) is 31.9 Å². The first-order valence-electron chi connectivity index (χ1n) is 8.57. The van der Waals surface area contributed by atoms with Gasteiger partial charge in [0.15, 0.2) is 0 Å². The van der Waals surface area contributed by atoms with Crippen molar-refractivity contribution in [3.05, 3.63) is 29.8 Å². The first-order valence-corrected chi connectivity index (χ1v) is 8.57. The molecule has 2 amide bonds. The standard InChI is InChI=1S/C18H25N3O3/c1-14-2-4-15(5-3-14)20-17(23)18(6-7-18)16(22)19-8-9-21-10-12-24-13-11-21/h2-5H,6-13H2,1H3,(H,19,22)(H,20,23). The number of benzene rings is 1. The maximum atomic E-state index is 12.5. The van der Waals surface area contributed by atoms with Gasteiger partial charge in [-0.1, -0.05) is 17.7 Å². The van der Waals surface area contributed by atoms with Crippen LogP contribution in [0.5, 0.6) is 0 Å². The summed E-state index contributed by atoms with van der Waals surface area (Å²) < 4.78 is 5.30. The Kier molecular flexibility index (Phi) is 5.16. The summed E-state index contributed by atoms with van der Waals surface area (Å²) in [6, 6.07) is 7.61. The Balaban J connectivity index is 1.48. The molecule has 1 aliphatic carbocycles. The second-order valence-corrected chi connectivity index (χ2v) is 6.61. The first kappa shape index (κ1) is 16.9. The van der Waals surface area contributed by atoms with Gasteiger partial charge in [0.25, 0.3) is 0 Å². The molecule has 0 radical (unpaired) electrons. The Hall–Kier alpha value is -1.92. The zero-order chi connectivity index (χ0) is 17.0. The van der Waals surface area contributed by atoms with E-state index in [-0.39, 0.29) is 11.8 Å². The summed E-state index contributed by atoms with van der Waals surface area (Å²) in [6.45, 7) is 6.65. The van der Waals surface area contributed by atoms with E-state index in [2.05, 4.69) is 15.5 Å². The average Bonchev–Trinajstić information content (AvgIpc) is 3.40. The lowest BCUT2D eigenvalue weighted by molar-refractivity contribution is -0.134. The summed E-state index contributed by atoms with van der Waals surface area (Å²) in [5.74, 6) is -0.351. The minimum atomic E-state index is -0.879. The highest BCUT2D eigenvalue weighted by Gasteiger charge is 2.56. The molecule has 0 bridgehead atoms. The molecule has 0 spiro atoms. The number of morpholine rings is 1. The minimum Gasteiger partial charge on any atom is -0.379 e. The van der Waals surface area contributed by atoms with Crippen LogP contribution in [0.3, 0.4) is 0 Å². The normalized spacial score (nSPS) is 19.5. The molecule has 1 aromatic carbocycles. The average molecular weight is 331 g/mol. The van der Waals surface area contributed by atoms with Crippen molar-refractivity contribution in [3.63, 3.8) is 0 Å². The lowest BCUT2D eigenvalue weighted by atomic mass is 10.0. The highest BCUT2D eigenvalue weighted by Crippen LogP contribution is 2.46. The maximum Gasteiger partial charge on any atom is 0.240 e. The van der Waals surface area contributed by atoms with Crippen LogP contribution >= 0.6 is 0 Å². The second kappa shape index (κ2) is 7.32. The van der Waals surface area contributed by atoms with Crippen LogP contribution in [0.25, 0.3) is 0 Å². The van der Waals surface area contributed by atoms with Gasteiger partial charge in [-0.3, -0.25) is 14.5 Å². The molecule has 24 heavy (non-hydrogen) atoms. The molecule has 0 aromatic heterocycles. The van der Waals surface area contributed by atoms with E-state index in [1.54, 1.807) is 0 Å². The molecule has 1 aromatic rings. The van der Waals surface area contributed by atoms with Gasteiger partial charge >= 0.3 is 0 Å². The molecule has 6 heteroatoms. The Labute approximate surface area is 142 Å². The number of amides is 2. The molecule has 0 atom stereocenters. The maximum absolute atomic E-state index is 12.5. The highest BCUT2D eigenvalue weighted by atomic mass is 16.5. The van der Waals surface area contributed by atoms with Crippen molar-refractivity contribution in [3.8, 4) is 0 Å². The van der Waals surface area contributed by atoms with Crippen LogP contribution in [0.2, 0.25) is 0 Å². The molecule has 2 fully saturated rings. The van der Waals surface area contributed by atoms with Crippen LogP contribution < -0.4 is 10.6 Å². The third kappa shape index (κ3) is 3.94. The van der Waals surface area contributed by atoms with Gasteiger partial charge in [-0.2, -0.15) is 0 Å². The number of aryl methyl sites for hydroxylation is 1. The van der Waals surface area contributed by atoms with Gasteiger partial charge in [0.1, 0.15) is 5.41 Å². The first-order chi connectivity index (χ1) is 11.6. The van der Waals surface area contributed by atoms with Gasteiger partial charge in [0.2, 0.25) is 11.8 Å². The summed E-state index contributed by atoms with van der Waals surface area (Å²) in [5.41, 5.74) is 0.989. The number of ether oxygens (including phenoxy) is 1. The number of hydrogen-bond acceptors (Lipinski definition) is 4.